The zero-order chi connectivity index (χ0) is 14.5. The molecule has 0 spiro atoms. The average Bonchev–Trinajstić information content (AvgIpc) is 2.17. The van der Waals surface area contributed by atoms with Crippen LogP contribution in [0.2, 0.25) is 0 Å². The molecule has 0 fully saturated rings. The number of halogens is 4. The Labute approximate surface area is 108 Å². The van der Waals surface area contributed by atoms with Crippen molar-refractivity contribution in [3.8, 4) is 11.5 Å². The SMILES string of the molecule is CC(C)(C)Cc1ccc2c(c1)OC(F)(F)C(F)(F)O2. The summed E-state index contributed by atoms with van der Waals surface area (Å²) in [6.07, 6.45) is -8.72. The third kappa shape index (κ3) is 2.77. The van der Waals surface area contributed by atoms with Gasteiger partial charge in [-0.25, -0.2) is 0 Å². The third-order valence-electron chi connectivity index (χ3n) is 2.56. The molecule has 0 aromatic heterocycles. The van der Waals surface area contributed by atoms with Crippen LogP contribution in [0.5, 0.6) is 11.5 Å². The van der Waals surface area contributed by atoms with Gasteiger partial charge in [-0.3, -0.25) is 0 Å². The second kappa shape index (κ2) is 4.02. The number of fused-ring (bicyclic) bond motifs is 1. The van der Waals surface area contributed by atoms with Gasteiger partial charge < -0.3 is 9.47 Å². The van der Waals surface area contributed by atoms with E-state index in [0.29, 0.717) is 6.42 Å². The van der Waals surface area contributed by atoms with Crippen molar-refractivity contribution >= 4 is 0 Å². The molecule has 6 heteroatoms. The summed E-state index contributed by atoms with van der Waals surface area (Å²) in [6.45, 7) is 5.94. The molecule has 1 aliphatic rings. The first-order chi connectivity index (χ1) is 8.50. The fraction of sp³-hybridized carbons (Fsp3) is 0.538. The Morgan fingerprint density at radius 3 is 2.00 bits per heavy atom. The van der Waals surface area contributed by atoms with Crippen molar-refractivity contribution < 1.29 is 27.0 Å². The lowest BCUT2D eigenvalue weighted by Crippen LogP contribution is -2.52. The average molecular weight is 278 g/mol. The molecule has 0 saturated carbocycles. The van der Waals surface area contributed by atoms with E-state index in [9.17, 15) is 17.6 Å². The minimum Gasteiger partial charge on any atom is -0.421 e. The molecule has 0 N–H and O–H groups in total. The number of hydrogen-bond donors (Lipinski definition) is 0. The standard InChI is InChI=1S/C13H14F4O2/c1-11(2,3)7-8-4-5-9-10(6-8)19-13(16,17)12(14,15)18-9/h4-6H,7H2,1-3H3. The summed E-state index contributed by atoms with van der Waals surface area (Å²) < 4.78 is 60.0. The first kappa shape index (κ1) is 14.0. The lowest BCUT2D eigenvalue weighted by Gasteiger charge is -2.32. The molecule has 1 aromatic carbocycles. The molecule has 0 unspecified atom stereocenters. The van der Waals surface area contributed by atoms with Crippen molar-refractivity contribution in [1.29, 1.82) is 0 Å². The first-order valence-electron chi connectivity index (χ1n) is 5.77. The van der Waals surface area contributed by atoms with Gasteiger partial charge in [0.2, 0.25) is 0 Å². The molecule has 2 nitrogen and oxygen atoms in total. The maximum absolute atomic E-state index is 13.0. The summed E-state index contributed by atoms with van der Waals surface area (Å²) in [5, 5.41) is 0. The number of hydrogen-bond acceptors (Lipinski definition) is 2. The Balaban J connectivity index is 2.33. The highest BCUT2D eigenvalue weighted by Gasteiger charge is 2.65. The maximum Gasteiger partial charge on any atom is 0.507 e. The van der Waals surface area contributed by atoms with E-state index in [1.54, 1.807) is 6.07 Å². The predicted octanol–water partition coefficient (Wildman–Crippen LogP) is 4.23. The maximum atomic E-state index is 13.0. The van der Waals surface area contributed by atoms with E-state index in [1.807, 2.05) is 20.8 Å². The fourth-order valence-electron chi connectivity index (χ4n) is 1.83. The van der Waals surface area contributed by atoms with Crippen LogP contribution in [0, 0.1) is 5.41 Å². The molecule has 0 atom stereocenters. The number of benzene rings is 1. The zero-order valence-electron chi connectivity index (χ0n) is 10.8. The van der Waals surface area contributed by atoms with Crippen LogP contribution >= 0.6 is 0 Å². The Kier molecular flexibility index (Phi) is 2.95. The lowest BCUT2D eigenvalue weighted by molar-refractivity contribution is -0.391. The van der Waals surface area contributed by atoms with Crippen LogP contribution < -0.4 is 9.47 Å². The minimum atomic E-state index is -4.67. The zero-order valence-corrected chi connectivity index (χ0v) is 10.8. The lowest BCUT2D eigenvalue weighted by atomic mass is 9.88. The largest absolute Gasteiger partial charge is 0.507 e. The van der Waals surface area contributed by atoms with Crippen LogP contribution in [-0.4, -0.2) is 12.2 Å². The molecule has 19 heavy (non-hydrogen) atoms. The topological polar surface area (TPSA) is 18.5 Å². The van der Waals surface area contributed by atoms with Crippen molar-refractivity contribution in [3.63, 3.8) is 0 Å². The van der Waals surface area contributed by atoms with Gasteiger partial charge in [0.15, 0.2) is 11.5 Å². The van der Waals surface area contributed by atoms with Crippen molar-refractivity contribution in [2.45, 2.75) is 39.4 Å². The Bertz CT molecular complexity index is 492. The van der Waals surface area contributed by atoms with E-state index < -0.39 is 12.2 Å². The Morgan fingerprint density at radius 1 is 0.947 bits per heavy atom. The molecule has 1 heterocycles. The fourth-order valence-corrected chi connectivity index (χ4v) is 1.83. The molecule has 0 aliphatic carbocycles. The molecular formula is C13H14F4O2. The quantitative estimate of drug-likeness (QED) is 0.716. The van der Waals surface area contributed by atoms with E-state index in [1.165, 1.54) is 12.1 Å². The summed E-state index contributed by atoms with van der Waals surface area (Å²) in [4.78, 5) is 0. The number of alkyl halides is 4. The van der Waals surface area contributed by atoms with E-state index in [0.717, 1.165) is 5.56 Å². The molecule has 1 aromatic rings. The van der Waals surface area contributed by atoms with Crippen molar-refractivity contribution in [2.75, 3.05) is 0 Å². The van der Waals surface area contributed by atoms with Crippen LogP contribution in [0.1, 0.15) is 26.3 Å². The van der Waals surface area contributed by atoms with Crippen molar-refractivity contribution in [1.82, 2.24) is 0 Å². The Morgan fingerprint density at radius 2 is 1.47 bits per heavy atom. The van der Waals surface area contributed by atoms with Gasteiger partial charge in [0.05, 0.1) is 0 Å². The minimum absolute atomic E-state index is 0.0593. The van der Waals surface area contributed by atoms with Crippen LogP contribution in [0.15, 0.2) is 18.2 Å². The van der Waals surface area contributed by atoms with Gasteiger partial charge in [-0.2, -0.15) is 17.6 Å². The van der Waals surface area contributed by atoms with Gasteiger partial charge >= 0.3 is 12.2 Å². The molecular weight excluding hydrogens is 264 g/mol. The smallest absolute Gasteiger partial charge is 0.421 e. The predicted molar refractivity (Wildman–Crippen MR) is 60.8 cm³/mol. The van der Waals surface area contributed by atoms with Crippen LogP contribution in [0.3, 0.4) is 0 Å². The van der Waals surface area contributed by atoms with E-state index in [4.69, 9.17) is 0 Å². The van der Waals surface area contributed by atoms with Crippen LogP contribution in [0.25, 0.3) is 0 Å². The summed E-state index contributed by atoms with van der Waals surface area (Å²) >= 11 is 0. The normalized spacial score (nSPS) is 20.2. The number of rotatable bonds is 1. The van der Waals surface area contributed by atoms with E-state index >= 15 is 0 Å². The van der Waals surface area contributed by atoms with Gasteiger partial charge in [0, 0.05) is 0 Å². The van der Waals surface area contributed by atoms with Gasteiger partial charge in [0.1, 0.15) is 0 Å². The first-order valence-corrected chi connectivity index (χ1v) is 5.77. The van der Waals surface area contributed by atoms with Gasteiger partial charge in [-0.05, 0) is 29.5 Å². The summed E-state index contributed by atoms with van der Waals surface area (Å²) in [5.74, 6) is -0.744. The molecule has 0 radical (unpaired) electrons. The van der Waals surface area contributed by atoms with Gasteiger partial charge in [0.25, 0.3) is 0 Å². The highest BCUT2D eigenvalue weighted by molar-refractivity contribution is 5.45. The summed E-state index contributed by atoms with van der Waals surface area (Å²) in [6, 6.07) is 4.09. The van der Waals surface area contributed by atoms with Gasteiger partial charge in [-0.15, -0.1) is 0 Å². The highest BCUT2D eigenvalue weighted by Crippen LogP contribution is 2.47. The summed E-state index contributed by atoms with van der Waals surface area (Å²) in [7, 11) is 0. The third-order valence-corrected chi connectivity index (χ3v) is 2.56. The van der Waals surface area contributed by atoms with E-state index in [-0.39, 0.29) is 16.9 Å². The Hall–Kier alpha value is -1.46. The number of ether oxygens (including phenoxy) is 2. The molecule has 0 amide bonds. The highest BCUT2D eigenvalue weighted by atomic mass is 19.3. The molecule has 0 saturated heterocycles. The summed E-state index contributed by atoms with van der Waals surface area (Å²) in [5.41, 5.74) is 0.659. The van der Waals surface area contributed by atoms with Crippen molar-refractivity contribution in [3.05, 3.63) is 23.8 Å². The molecule has 1 aliphatic heterocycles. The molecule has 106 valence electrons. The molecule has 0 bridgehead atoms. The molecule has 2 rings (SSSR count). The van der Waals surface area contributed by atoms with Crippen LogP contribution in [-0.2, 0) is 6.42 Å². The second-order valence-corrected chi connectivity index (χ2v) is 5.76. The van der Waals surface area contributed by atoms with E-state index in [2.05, 4.69) is 9.47 Å². The monoisotopic (exact) mass is 278 g/mol. The second-order valence-electron chi connectivity index (χ2n) is 5.76. The van der Waals surface area contributed by atoms with Gasteiger partial charge in [-0.1, -0.05) is 26.8 Å². The van der Waals surface area contributed by atoms with Crippen molar-refractivity contribution in [2.24, 2.45) is 5.41 Å². The van der Waals surface area contributed by atoms with Crippen LogP contribution in [0.4, 0.5) is 17.6 Å².